The maximum absolute atomic E-state index is 12.4. The van der Waals surface area contributed by atoms with Crippen molar-refractivity contribution in [3.63, 3.8) is 0 Å². The summed E-state index contributed by atoms with van der Waals surface area (Å²) in [5.41, 5.74) is 0. The molecule has 108 valence electrons. The van der Waals surface area contributed by atoms with E-state index in [1.165, 1.54) is 11.3 Å². The van der Waals surface area contributed by atoms with E-state index in [2.05, 4.69) is 29.4 Å². The van der Waals surface area contributed by atoms with E-state index < -0.39 is 0 Å². The van der Waals surface area contributed by atoms with Crippen molar-refractivity contribution in [3.05, 3.63) is 5.01 Å². The number of nitrogens with one attached hydrogen (secondary N) is 1. The Morgan fingerprint density at radius 2 is 1.79 bits per heavy atom. The summed E-state index contributed by atoms with van der Waals surface area (Å²) in [6.07, 6.45) is 4.26. The van der Waals surface area contributed by atoms with Gasteiger partial charge in [-0.05, 0) is 19.8 Å². The fourth-order valence-electron chi connectivity index (χ4n) is 1.68. The molecule has 0 saturated carbocycles. The van der Waals surface area contributed by atoms with E-state index in [0.717, 1.165) is 50.4 Å². The van der Waals surface area contributed by atoms with Crippen LogP contribution < -0.4 is 5.32 Å². The molecule has 1 aromatic heterocycles. The van der Waals surface area contributed by atoms with Gasteiger partial charge >= 0.3 is 0 Å². The molecule has 0 aliphatic rings. The molecule has 0 bridgehead atoms. The van der Waals surface area contributed by atoms with Crippen LogP contribution in [0.4, 0.5) is 5.13 Å². The minimum absolute atomic E-state index is 0.0172. The summed E-state index contributed by atoms with van der Waals surface area (Å²) in [4.78, 5) is 14.3. The monoisotopic (exact) mass is 284 g/mol. The van der Waals surface area contributed by atoms with Crippen LogP contribution in [0.15, 0.2) is 0 Å². The SMILES string of the molecule is CCCCN(CCCC)C(=O)c1nnc(NCC)s1. The third kappa shape index (κ3) is 5.14. The van der Waals surface area contributed by atoms with E-state index in [0.29, 0.717) is 5.01 Å². The number of carbonyl (C=O) groups excluding carboxylic acids is 1. The molecule has 0 spiro atoms. The first-order valence-corrected chi connectivity index (χ1v) is 7.91. The van der Waals surface area contributed by atoms with Crippen LogP contribution in [-0.2, 0) is 0 Å². The van der Waals surface area contributed by atoms with Crippen LogP contribution in [0.3, 0.4) is 0 Å². The van der Waals surface area contributed by atoms with Crippen molar-refractivity contribution in [1.82, 2.24) is 15.1 Å². The Bertz CT molecular complexity index is 372. The van der Waals surface area contributed by atoms with Crippen LogP contribution in [-0.4, -0.2) is 40.6 Å². The van der Waals surface area contributed by atoms with Gasteiger partial charge in [-0.3, -0.25) is 4.79 Å². The minimum Gasteiger partial charge on any atom is -0.360 e. The number of hydrogen-bond acceptors (Lipinski definition) is 5. The maximum atomic E-state index is 12.4. The highest BCUT2D eigenvalue weighted by Gasteiger charge is 2.19. The van der Waals surface area contributed by atoms with Crippen LogP contribution in [0.2, 0.25) is 0 Å². The molecule has 1 N–H and O–H groups in total. The Morgan fingerprint density at radius 1 is 1.16 bits per heavy atom. The molecular formula is C13H24N4OS. The normalized spacial score (nSPS) is 10.5. The van der Waals surface area contributed by atoms with Gasteiger partial charge in [0.05, 0.1) is 0 Å². The summed E-state index contributed by atoms with van der Waals surface area (Å²) in [7, 11) is 0. The van der Waals surface area contributed by atoms with Crippen LogP contribution in [0, 0.1) is 0 Å². The summed E-state index contributed by atoms with van der Waals surface area (Å²) in [6, 6.07) is 0. The van der Waals surface area contributed by atoms with E-state index in [1.807, 2.05) is 11.8 Å². The highest BCUT2D eigenvalue weighted by Crippen LogP contribution is 2.17. The third-order valence-electron chi connectivity index (χ3n) is 2.79. The molecule has 0 aliphatic carbocycles. The molecule has 1 rings (SSSR count). The number of carbonyl (C=O) groups is 1. The van der Waals surface area contributed by atoms with Crippen molar-refractivity contribution in [3.8, 4) is 0 Å². The van der Waals surface area contributed by atoms with Crippen molar-refractivity contribution >= 4 is 22.4 Å². The first-order valence-electron chi connectivity index (χ1n) is 7.09. The second kappa shape index (κ2) is 8.85. The average Bonchev–Trinajstić information content (AvgIpc) is 2.87. The lowest BCUT2D eigenvalue weighted by molar-refractivity contribution is 0.0750. The zero-order chi connectivity index (χ0) is 14.1. The van der Waals surface area contributed by atoms with Crippen molar-refractivity contribution in [2.45, 2.75) is 46.5 Å². The molecule has 0 aromatic carbocycles. The Kier molecular flexibility index (Phi) is 7.40. The van der Waals surface area contributed by atoms with E-state index >= 15 is 0 Å². The predicted molar refractivity (Wildman–Crippen MR) is 79.8 cm³/mol. The van der Waals surface area contributed by atoms with Gasteiger partial charge in [-0.1, -0.05) is 38.0 Å². The van der Waals surface area contributed by atoms with Crippen molar-refractivity contribution in [1.29, 1.82) is 0 Å². The average molecular weight is 284 g/mol. The zero-order valence-corrected chi connectivity index (χ0v) is 12.9. The van der Waals surface area contributed by atoms with Crippen LogP contribution in [0.5, 0.6) is 0 Å². The molecule has 0 fully saturated rings. The Hall–Kier alpha value is -1.17. The third-order valence-corrected chi connectivity index (χ3v) is 3.66. The van der Waals surface area contributed by atoms with Crippen LogP contribution >= 0.6 is 11.3 Å². The van der Waals surface area contributed by atoms with Gasteiger partial charge in [0.25, 0.3) is 5.91 Å². The second-order valence-electron chi connectivity index (χ2n) is 4.44. The number of unbranched alkanes of at least 4 members (excludes halogenated alkanes) is 2. The minimum atomic E-state index is 0.0172. The first kappa shape index (κ1) is 15.9. The van der Waals surface area contributed by atoms with Gasteiger partial charge < -0.3 is 10.2 Å². The summed E-state index contributed by atoms with van der Waals surface area (Å²) >= 11 is 1.34. The second-order valence-corrected chi connectivity index (χ2v) is 5.42. The fourth-order valence-corrected chi connectivity index (χ4v) is 2.46. The van der Waals surface area contributed by atoms with E-state index in [1.54, 1.807) is 0 Å². The van der Waals surface area contributed by atoms with Crippen molar-refractivity contribution in [2.24, 2.45) is 0 Å². The number of anilines is 1. The standard InChI is InChI=1S/C13H24N4OS/c1-4-7-9-17(10-8-5-2)12(18)11-15-16-13(19-11)14-6-3/h4-10H2,1-3H3,(H,14,16). The number of hydrogen-bond donors (Lipinski definition) is 1. The molecule has 0 saturated heterocycles. The molecule has 1 heterocycles. The van der Waals surface area contributed by atoms with Gasteiger partial charge in [0.2, 0.25) is 10.1 Å². The Labute approximate surface area is 119 Å². The Morgan fingerprint density at radius 3 is 2.32 bits per heavy atom. The van der Waals surface area contributed by atoms with Gasteiger partial charge in [0, 0.05) is 19.6 Å². The van der Waals surface area contributed by atoms with Crippen LogP contribution in [0.1, 0.15) is 56.3 Å². The summed E-state index contributed by atoms with van der Waals surface area (Å²) < 4.78 is 0. The summed E-state index contributed by atoms with van der Waals surface area (Å²) in [6.45, 7) is 8.68. The van der Waals surface area contributed by atoms with Gasteiger partial charge in [0.15, 0.2) is 0 Å². The number of rotatable bonds is 9. The molecule has 0 aliphatic heterocycles. The molecule has 1 amide bonds. The molecule has 19 heavy (non-hydrogen) atoms. The maximum Gasteiger partial charge on any atom is 0.284 e. The molecule has 0 unspecified atom stereocenters. The predicted octanol–water partition coefficient (Wildman–Crippen LogP) is 3.01. The van der Waals surface area contributed by atoms with Crippen molar-refractivity contribution < 1.29 is 4.79 Å². The fraction of sp³-hybridized carbons (Fsp3) is 0.769. The molecule has 5 nitrogen and oxygen atoms in total. The lowest BCUT2D eigenvalue weighted by Crippen LogP contribution is -2.32. The molecule has 6 heteroatoms. The van der Waals surface area contributed by atoms with Crippen LogP contribution in [0.25, 0.3) is 0 Å². The number of nitrogens with zero attached hydrogens (tertiary/aromatic N) is 3. The highest BCUT2D eigenvalue weighted by molar-refractivity contribution is 7.17. The molecule has 0 radical (unpaired) electrons. The molecule has 0 atom stereocenters. The van der Waals surface area contributed by atoms with Gasteiger partial charge in [-0.15, -0.1) is 10.2 Å². The van der Waals surface area contributed by atoms with Gasteiger partial charge in [0.1, 0.15) is 0 Å². The lowest BCUT2D eigenvalue weighted by atomic mass is 10.2. The lowest BCUT2D eigenvalue weighted by Gasteiger charge is -2.20. The first-order chi connectivity index (χ1) is 9.22. The van der Waals surface area contributed by atoms with E-state index in [9.17, 15) is 4.79 Å². The molecule has 1 aromatic rings. The van der Waals surface area contributed by atoms with E-state index in [4.69, 9.17) is 0 Å². The largest absolute Gasteiger partial charge is 0.360 e. The summed E-state index contributed by atoms with van der Waals surface area (Å²) in [5, 5.41) is 12.3. The summed E-state index contributed by atoms with van der Waals surface area (Å²) in [5.74, 6) is 0.0172. The molecular weight excluding hydrogens is 260 g/mol. The van der Waals surface area contributed by atoms with Gasteiger partial charge in [-0.25, -0.2) is 0 Å². The quantitative estimate of drug-likeness (QED) is 0.757. The zero-order valence-electron chi connectivity index (χ0n) is 12.1. The highest BCUT2D eigenvalue weighted by atomic mass is 32.1. The smallest absolute Gasteiger partial charge is 0.284 e. The van der Waals surface area contributed by atoms with Crippen molar-refractivity contribution in [2.75, 3.05) is 25.0 Å². The topological polar surface area (TPSA) is 58.1 Å². The van der Waals surface area contributed by atoms with Gasteiger partial charge in [-0.2, -0.15) is 0 Å². The van der Waals surface area contributed by atoms with E-state index in [-0.39, 0.29) is 5.91 Å². The Balaban J connectivity index is 2.66. The number of aromatic nitrogens is 2. The number of amides is 1.